The summed E-state index contributed by atoms with van der Waals surface area (Å²) in [6.07, 6.45) is 2.75. The van der Waals surface area contributed by atoms with Crippen LogP contribution in [0, 0.1) is 0 Å². The third-order valence-electron chi connectivity index (χ3n) is 4.40. The molecule has 1 rings (SSSR count). The van der Waals surface area contributed by atoms with Crippen LogP contribution in [-0.2, 0) is 0 Å². The monoisotopic (exact) mass is 260 g/mol. The molecule has 0 aromatic carbocycles. The summed E-state index contributed by atoms with van der Waals surface area (Å²) in [6, 6.07) is 1.52. The van der Waals surface area contributed by atoms with Gasteiger partial charge in [0.15, 0.2) is 0 Å². The minimum atomic E-state index is -1.04. The Labute approximate surface area is 101 Å². The van der Waals surface area contributed by atoms with Gasteiger partial charge in [-0.15, -0.1) is 0 Å². The van der Waals surface area contributed by atoms with Crippen LogP contribution in [0.5, 0.6) is 0 Å². The maximum atomic E-state index is 5.86. The summed E-state index contributed by atoms with van der Waals surface area (Å²) >= 11 is 0. The van der Waals surface area contributed by atoms with Gasteiger partial charge < -0.3 is 10.3 Å². The van der Waals surface area contributed by atoms with E-state index in [4.69, 9.17) is 5.73 Å². The fourth-order valence-electron chi connectivity index (χ4n) is 3.38. The van der Waals surface area contributed by atoms with Crippen LogP contribution in [0.1, 0.15) is 12.8 Å². The van der Waals surface area contributed by atoms with Crippen LogP contribution in [0.2, 0.25) is 32.2 Å². The van der Waals surface area contributed by atoms with Gasteiger partial charge in [-0.05, 0) is 36.8 Å². The molecular weight excluding hydrogens is 232 g/mol. The Bertz CT molecular complexity index is 205. The summed E-state index contributed by atoms with van der Waals surface area (Å²) in [7, 11) is -0.928. The third-order valence-corrected chi connectivity index (χ3v) is 15.9. The van der Waals surface area contributed by atoms with Crippen LogP contribution < -0.4 is 5.73 Å². The Morgan fingerprint density at radius 2 is 1.93 bits per heavy atom. The van der Waals surface area contributed by atoms with Crippen molar-refractivity contribution in [2.45, 2.75) is 49.9 Å². The van der Waals surface area contributed by atoms with E-state index in [1.165, 1.54) is 25.4 Å². The van der Waals surface area contributed by atoms with E-state index in [1.807, 2.05) is 0 Å². The van der Waals surface area contributed by atoms with Crippen molar-refractivity contribution in [3.63, 3.8) is 0 Å². The topological polar surface area (TPSA) is 29.3 Å². The molecule has 5 heteroatoms. The Kier molecular flexibility index (Phi) is 4.79. The van der Waals surface area contributed by atoms with Crippen molar-refractivity contribution in [1.82, 2.24) is 4.57 Å². The number of rotatable bonds is 5. The van der Waals surface area contributed by atoms with Gasteiger partial charge in [0.2, 0.25) is 0 Å². The van der Waals surface area contributed by atoms with Gasteiger partial charge in [-0.1, -0.05) is 26.2 Å². The van der Waals surface area contributed by atoms with Crippen LogP contribution >= 0.6 is 0 Å². The van der Waals surface area contributed by atoms with Crippen molar-refractivity contribution in [3.05, 3.63) is 0 Å². The number of hydrogen-bond acceptors (Lipinski definition) is 2. The Hall–Kier alpha value is 0.571. The highest BCUT2D eigenvalue weighted by atomic mass is 28.3. The predicted octanol–water partition coefficient (Wildman–Crippen LogP) is 0.334. The SMILES string of the molecule is C[SiH2]C(CCN)([SiH2]C)N1CCC[Si]1(C)C. The van der Waals surface area contributed by atoms with Crippen LogP contribution in [0.15, 0.2) is 0 Å². The van der Waals surface area contributed by atoms with E-state index < -0.39 is 8.24 Å². The van der Waals surface area contributed by atoms with Gasteiger partial charge in [0.1, 0.15) is 8.24 Å². The van der Waals surface area contributed by atoms with Crippen molar-refractivity contribution >= 4 is 27.3 Å². The van der Waals surface area contributed by atoms with Gasteiger partial charge in [-0.2, -0.15) is 0 Å². The number of nitrogens with zero attached hydrogens (tertiary/aromatic N) is 1. The molecule has 0 amide bonds. The molecule has 0 aliphatic carbocycles. The van der Waals surface area contributed by atoms with Crippen molar-refractivity contribution in [3.8, 4) is 0 Å². The van der Waals surface area contributed by atoms with E-state index in [2.05, 4.69) is 30.8 Å². The van der Waals surface area contributed by atoms with Crippen LogP contribution in [0.4, 0.5) is 0 Å². The second-order valence-corrected chi connectivity index (χ2v) is 15.2. The fraction of sp³-hybridized carbons (Fsp3) is 1.00. The molecule has 1 aliphatic heterocycles. The highest BCUT2D eigenvalue weighted by Crippen LogP contribution is 2.33. The highest BCUT2D eigenvalue weighted by Gasteiger charge is 2.44. The number of nitrogens with two attached hydrogens (primary N) is 1. The Morgan fingerprint density at radius 3 is 2.27 bits per heavy atom. The summed E-state index contributed by atoms with van der Waals surface area (Å²) in [5.41, 5.74) is 5.86. The molecule has 0 radical (unpaired) electrons. The fourth-order valence-corrected chi connectivity index (χ4v) is 14.5. The standard InChI is InChI=1S/C10H28N2Si3/c1-13-10(14-2,6-7-11)12-8-5-9-15(12,3)4/h5-9,11,13-14H2,1-4H3. The molecule has 0 atom stereocenters. The number of hydrogen-bond donors (Lipinski definition) is 1. The summed E-state index contributed by atoms with van der Waals surface area (Å²) < 4.78 is 2.99. The van der Waals surface area contributed by atoms with Gasteiger partial charge in [0.05, 0.1) is 0 Å². The second-order valence-electron chi connectivity index (χ2n) is 5.54. The van der Waals surface area contributed by atoms with E-state index in [9.17, 15) is 0 Å². The molecule has 1 aliphatic rings. The molecule has 0 spiro atoms. The third kappa shape index (κ3) is 2.63. The smallest absolute Gasteiger partial charge is 0.122 e. The van der Waals surface area contributed by atoms with Crippen molar-refractivity contribution < 1.29 is 0 Å². The maximum Gasteiger partial charge on any atom is 0.122 e. The molecule has 15 heavy (non-hydrogen) atoms. The Balaban J connectivity index is 2.87. The van der Waals surface area contributed by atoms with Gasteiger partial charge >= 0.3 is 0 Å². The second kappa shape index (κ2) is 5.27. The largest absolute Gasteiger partial charge is 0.330 e. The average Bonchev–Trinajstić information content (AvgIpc) is 2.56. The summed E-state index contributed by atoms with van der Waals surface area (Å²) in [6.45, 7) is 12.5. The molecule has 2 N–H and O–H groups in total. The van der Waals surface area contributed by atoms with Crippen molar-refractivity contribution in [2.75, 3.05) is 13.1 Å². The van der Waals surface area contributed by atoms with Crippen molar-refractivity contribution in [2.24, 2.45) is 5.73 Å². The van der Waals surface area contributed by atoms with E-state index >= 15 is 0 Å². The summed E-state index contributed by atoms with van der Waals surface area (Å²) in [5.74, 6) is 0. The Morgan fingerprint density at radius 1 is 1.33 bits per heavy atom. The first-order valence-corrected chi connectivity index (χ1v) is 13.9. The molecule has 1 saturated heterocycles. The van der Waals surface area contributed by atoms with Crippen LogP contribution in [-0.4, -0.2) is 49.7 Å². The normalized spacial score (nSPS) is 27.0. The molecular formula is C10H28N2Si3. The van der Waals surface area contributed by atoms with E-state index in [-0.39, 0.29) is 19.0 Å². The molecule has 0 bridgehead atoms. The average molecular weight is 261 g/mol. The van der Waals surface area contributed by atoms with E-state index in [0.717, 1.165) is 6.54 Å². The lowest BCUT2D eigenvalue weighted by Gasteiger charge is -2.47. The first kappa shape index (κ1) is 13.6. The summed E-state index contributed by atoms with van der Waals surface area (Å²) in [5, 5.41) is 0. The lowest BCUT2D eigenvalue weighted by Crippen LogP contribution is -2.64. The zero-order valence-electron chi connectivity index (χ0n) is 11.0. The molecule has 0 aromatic heterocycles. The van der Waals surface area contributed by atoms with E-state index in [0.29, 0.717) is 4.79 Å². The van der Waals surface area contributed by atoms with Gasteiger partial charge in [-0.3, -0.25) is 0 Å². The highest BCUT2D eigenvalue weighted by molar-refractivity contribution is 6.78. The molecule has 0 aromatic rings. The predicted molar refractivity (Wildman–Crippen MR) is 78.8 cm³/mol. The quantitative estimate of drug-likeness (QED) is 0.722. The maximum absolute atomic E-state index is 5.86. The van der Waals surface area contributed by atoms with Gasteiger partial charge in [0, 0.05) is 19.0 Å². The lowest BCUT2D eigenvalue weighted by atomic mass is 10.4. The van der Waals surface area contributed by atoms with Crippen LogP contribution in [0.3, 0.4) is 0 Å². The zero-order chi connectivity index (χ0) is 11.5. The first-order chi connectivity index (χ1) is 7.02. The first-order valence-electron chi connectivity index (χ1n) is 6.50. The molecule has 1 heterocycles. The van der Waals surface area contributed by atoms with Crippen LogP contribution in [0.25, 0.3) is 0 Å². The summed E-state index contributed by atoms with van der Waals surface area (Å²) in [4.78, 5) is 0.695. The molecule has 0 unspecified atom stereocenters. The molecule has 1 fully saturated rings. The molecule has 2 nitrogen and oxygen atoms in total. The van der Waals surface area contributed by atoms with Gasteiger partial charge in [0.25, 0.3) is 0 Å². The molecule has 90 valence electrons. The zero-order valence-corrected chi connectivity index (χ0v) is 14.8. The minimum absolute atomic E-state index is 0.0543. The lowest BCUT2D eigenvalue weighted by molar-refractivity contribution is 0.360. The van der Waals surface area contributed by atoms with E-state index in [1.54, 1.807) is 0 Å². The molecule has 0 saturated carbocycles. The van der Waals surface area contributed by atoms with Gasteiger partial charge in [-0.25, -0.2) is 0 Å². The van der Waals surface area contributed by atoms with Crippen molar-refractivity contribution in [1.29, 1.82) is 0 Å². The minimum Gasteiger partial charge on any atom is -0.330 e.